The fourth-order valence-electron chi connectivity index (χ4n) is 5.25. The number of rotatable bonds is 10. The summed E-state index contributed by atoms with van der Waals surface area (Å²) in [6, 6.07) is 5.15. The lowest BCUT2D eigenvalue weighted by atomic mass is 9.79. The largest absolute Gasteiger partial charge is 0.493 e. The van der Waals surface area contributed by atoms with E-state index in [1.807, 2.05) is 4.90 Å². The first-order valence-electron chi connectivity index (χ1n) is 11.7. The molecule has 1 aromatic rings. The van der Waals surface area contributed by atoms with Gasteiger partial charge in [-0.2, -0.15) is 0 Å². The molecule has 1 atom stereocenters. The number of ketones is 1. The van der Waals surface area contributed by atoms with E-state index in [-0.39, 0.29) is 12.4 Å². The van der Waals surface area contributed by atoms with Crippen molar-refractivity contribution in [3.8, 4) is 11.5 Å². The number of nitrogens with one attached hydrogen (secondary N) is 1. The third-order valence-corrected chi connectivity index (χ3v) is 6.99. The Bertz CT molecular complexity index is 682. The second kappa shape index (κ2) is 11.1. The highest BCUT2D eigenvalue weighted by atomic mass is 16.5. The van der Waals surface area contributed by atoms with Gasteiger partial charge in [-0.05, 0) is 57.2 Å². The number of hydrogen-bond acceptors (Lipinski definition) is 4. The first-order valence-corrected chi connectivity index (χ1v) is 11.7. The highest BCUT2D eigenvalue weighted by molar-refractivity contribution is 5.94. The maximum atomic E-state index is 11.5. The number of quaternary nitrogens is 2. The quantitative estimate of drug-likeness (QED) is 0.493. The van der Waals surface area contributed by atoms with Crippen LogP contribution in [0.2, 0.25) is 0 Å². The second-order valence-electron chi connectivity index (χ2n) is 9.12. The molecule has 1 aliphatic heterocycles. The second-order valence-corrected chi connectivity index (χ2v) is 9.12. The number of aliphatic hydroxyl groups is 1. The Morgan fingerprint density at radius 1 is 1.13 bits per heavy atom. The lowest BCUT2D eigenvalue weighted by Crippen LogP contribution is -3.24. The average molecular weight is 421 g/mol. The van der Waals surface area contributed by atoms with E-state index >= 15 is 0 Å². The zero-order chi connectivity index (χ0) is 21.4. The van der Waals surface area contributed by atoms with Crippen LogP contribution in [0.5, 0.6) is 11.5 Å². The number of Topliss-reactive ketones (excluding diaryl/α,β-unsaturated/α-hetero) is 1. The molecule has 1 saturated carbocycles. The van der Waals surface area contributed by atoms with E-state index in [1.54, 1.807) is 25.3 Å². The Hall–Kier alpha value is -1.63. The summed E-state index contributed by atoms with van der Waals surface area (Å²) in [4.78, 5) is 13.3. The molecule has 0 unspecified atom stereocenters. The Morgan fingerprint density at radius 2 is 1.83 bits per heavy atom. The number of hydrogen-bond donors (Lipinski definition) is 3. The van der Waals surface area contributed by atoms with Crippen molar-refractivity contribution in [3.63, 3.8) is 0 Å². The number of carbonyl (C=O) groups excluding carboxylic acids is 1. The molecule has 1 saturated heterocycles. The summed E-state index contributed by atoms with van der Waals surface area (Å²) in [6.07, 6.45) is 10.3. The number of nitrogens with two attached hydrogens (primary N) is 1. The molecule has 1 heterocycles. The van der Waals surface area contributed by atoms with Gasteiger partial charge in [0.25, 0.3) is 0 Å². The highest BCUT2D eigenvalue weighted by Crippen LogP contribution is 2.28. The van der Waals surface area contributed by atoms with Gasteiger partial charge in [0, 0.05) is 18.4 Å². The van der Waals surface area contributed by atoms with E-state index < -0.39 is 6.10 Å². The number of ether oxygens (including phenoxy) is 2. The number of methoxy groups -OCH3 is 1. The maximum absolute atomic E-state index is 11.5. The lowest BCUT2D eigenvalue weighted by molar-refractivity contribution is -0.972. The van der Waals surface area contributed by atoms with Crippen molar-refractivity contribution >= 4 is 5.78 Å². The number of aliphatic hydroxyl groups excluding tert-OH is 1. The Balaban J connectivity index is 1.49. The third-order valence-electron chi connectivity index (χ3n) is 6.99. The molecule has 30 heavy (non-hydrogen) atoms. The van der Waals surface area contributed by atoms with Crippen LogP contribution in [0.15, 0.2) is 18.2 Å². The first-order chi connectivity index (χ1) is 14.5. The Labute approximate surface area is 180 Å². The lowest BCUT2D eigenvalue weighted by Gasteiger charge is -2.43. The molecular weight excluding hydrogens is 380 g/mol. The summed E-state index contributed by atoms with van der Waals surface area (Å²) in [7, 11) is 1.56. The van der Waals surface area contributed by atoms with Crippen LogP contribution in [-0.2, 0) is 0 Å². The van der Waals surface area contributed by atoms with Gasteiger partial charge < -0.3 is 24.8 Å². The number of likely N-dealkylation sites (tertiary alicyclic amines) is 1. The zero-order valence-electron chi connectivity index (χ0n) is 18.8. The van der Waals surface area contributed by atoms with Gasteiger partial charge in [-0.25, -0.2) is 0 Å². The van der Waals surface area contributed by atoms with Crippen molar-refractivity contribution in [2.45, 2.75) is 69.9 Å². The van der Waals surface area contributed by atoms with Crippen LogP contribution in [0.25, 0.3) is 0 Å². The summed E-state index contributed by atoms with van der Waals surface area (Å²) in [6.45, 7) is 6.11. The average Bonchev–Trinajstić information content (AvgIpc) is 2.78. The summed E-state index contributed by atoms with van der Waals surface area (Å²) in [5.74, 6) is 1.07. The minimum absolute atomic E-state index is 0.0121. The van der Waals surface area contributed by atoms with E-state index in [1.165, 1.54) is 71.4 Å². The molecule has 2 aliphatic rings. The van der Waals surface area contributed by atoms with Crippen LogP contribution in [0, 0.1) is 0 Å². The van der Waals surface area contributed by atoms with Crippen molar-refractivity contribution in [1.82, 2.24) is 0 Å². The molecule has 0 amide bonds. The van der Waals surface area contributed by atoms with Gasteiger partial charge in [0.15, 0.2) is 17.3 Å². The van der Waals surface area contributed by atoms with Gasteiger partial charge in [0.1, 0.15) is 31.3 Å². The standard InChI is InChI=1S/C24H38N2O4/c1-19(27)20-9-10-22(23(15-20)29-2)30-17-21(28)16-25-18-24(11-5-3-6-12-24)26-13-7-4-8-14-26/h9-10,15,21,25,28H,3-8,11-14,16-18H2,1-2H3/p+2/t21-/m0/s1. The van der Waals surface area contributed by atoms with Crippen molar-refractivity contribution in [2.75, 3.05) is 39.9 Å². The van der Waals surface area contributed by atoms with Crippen molar-refractivity contribution < 1.29 is 29.6 Å². The molecule has 0 spiro atoms. The molecule has 3 rings (SSSR count). The number of carbonyl (C=O) groups is 1. The van der Waals surface area contributed by atoms with Gasteiger partial charge in [-0.3, -0.25) is 4.79 Å². The van der Waals surface area contributed by atoms with Crippen LogP contribution in [0.1, 0.15) is 68.6 Å². The predicted molar refractivity (Wildman–Crippen MR) is 117 cm³/mol. The molecule has 168 valence electrons. The SMILES string of the molecule is COc1cc(C(C)=O)ccc1OC[C@@H](O)C[NH2+]CC1([NH+]2CCCCC2)CCCCC1. The van der Waals surface area contributed by atoms with E-state index in [9.17, 15) is 9.90 Å². The topological polar surface area (TPSA) is 76.8 Å². The normalized spacial score (nSPS) is 20.5. The summed E-state index contributed by atoms with van der Waals surface area (Å²) < 4.78 is 11.1. The van der Waals surface area contributed by atoms with Gasteiger partial charge in [0.05, 0.1) is 20.2 Å². The van der Waals surface area contributed by atoms with Crippen LogP contribution in [-0.4, -0.2) is 62.4 Å². The zero-order valence-corrected chi connectivity index (χ0v) is 18.8. The van der Waals surface area contributed by atoms with Gasteiger partial charge in [0.2, 0.25) is 0 Å². The van der Waals surface area contributed by atoms with Crippen LogP contribution in [0.4, 0.5) is 0 Å². The molecule has 6 nitrogen and oxygen atoms in total. The minimum Gasteiger partial charge on any atom is -0.493 e. The molecule has 1 aromatic carbocycles. The van der Waals surface area contributed by atoms with Crippen LogP contribution >= 0.6 is 0 Å². The molecule has 6 heteroatoms. The predicted octanol–water partition coefficient (Wildman–Crippen LogP) is 0.973. The van der Waals surface area contributed by atoms with Crippen molar-refractivity contribution in [2.24, 2.45) is 0 Å². The first kappa shape index (κ1) is 23.0. The Morgan fingerprint density at radius 3 is 2.50 bits per heavy atom. The Kier molecular flexibility index (Phi) is 8.54. The summed E-state index contributed by atoms with van der Waals surface area (Å²) >= 11 is 0. The number of piperidine rings is 1. The monoisotopic (exact) mass is 420 g/mol. The van der Waals surface area contributed by atoms with Crippen molar-refractivity contribution in [3.05, 3.63) is 23.8 Å². The molecule has 4 N–H and O–H groups in total. The molecule has 0 aromatic heterocycles. The molecule has 2 fully saturated rings. The van der Waals surface area contributed by atoms with E-state index in [0.717, 1.165) is 6.54 Å². The maximum Gasteiger partial charge on any atom is 0.161 e. The number of benzene rings is 1. The van der Waals surface area contributed by atoms with Crippen LogP contribution in [0.3, 0.4) is 0 Å². The fourth-order valence-corrected chi connectivity index (χ4v) is 5.25. The summed E-state index contributed by atoms with van der Waals surface area (Å²) in [5, 5.41) is 12.8. The van der Waals surface area contributed by atoms with Gasteiger partial charge in [-0.15, -0.1) is 0 Å². The molecule has 0 bridgehead atoms. The smallest absolute Gasteiger partial charge is 0.161 e. The van der Waals surface area contributed by atoms with E-state index in [2.05, 4.69) is 5.32 Å². The fraction of sp³-hybridized carbons (Fsp3) is 0.708. The van der Waals surface area contributed by atoms with E-state index in [0.29, 0.717) is 29.1 Å². The summed E-state index contributed by atoms with van der Waals surface area (Å²) in [5.41, 5.74) is 0.983. The molecule has 0 radical (unpaired) electrons. The third kappa shape index (κ3) is 5.96. The van der Waals surface area contributed by atoms with Crippen LogP contribution < -0.4 is 19.7 Å². The van der Waals surface area contributed by atoms with Crippen molar-refractivity contribution in [1.29, 1.82) is 0 Å². The van der Waals surface area contributed by atoms with Gasteiger partial charge >= 0.3 is 0 Å². The molecule has 1 aliphatic carbocycles. The highest BCUT2D eigenvalue weighted by Gasteiger charge is 2.43. The molecular formula is C24H40N2O4+2. The van der Waals surface area contributed by atoms with E-state index in [4.69, 9.17) is 9.47 Å². The minimum atomic E-state index is -0.542. The van der Waals surface area contributed by atoms with Gasteiger partial charge in [-0.1, -0.05) is 6.42 Å².